The molecular formula is C16H32IN3O. The van der Waals surface area contributed by atoms with Gasteiger partial charge >= 0.3 is 0 Å². The van der Waals surface area contributed by atoms with Crippen LogP contribution in [0.15, 0.2) is 4.99 Å². The molecule has 0 unspecified atom stereocenters. The molecule has 0 radical (unpaired) electrons. The van der Waals surface area contributed by atoms with Crippen LogP contribution in [0.5, 0.6) is 0 Å². The summed E-state index contributed by atoms with van der Waals surface area (Å²) in [6, 6.07) is 0. The topological polar surface area (TPSA) is 36.9 Å². The lowest BCUT2D eigenvalue weighted by Crippen LogP contribution is -2.51. The van der Waals surface area contributed by atoms with E-state index in [-0.39, 0.29) is 29.4 Å². The van der Waals surface area contributed by atoms with E-state index >= 15 is 0 Å². The largest absolute Gasteiger partial charge is 0.380 e. The van der Waals surface area contributed by atoms with Crippen molar-refractivity contribution in [3.63, 3.8) is 0 Å². The summed E-state index contributed by atoms with van der Waals surface area (Å²) in [6.45, 7) is 8.44. The third-order valence-electron chi connectivity index (χ3n) is 4.82. The second-order valence-electron chi connectivity index (χ2n) is 7.21. The first-order valence-electron chi connectivity index (χ1n) is 8.02. The van der Waals surface area contributed by atoms with Crippen LogP contribution in [0, 0.1) is 17.3 Å². The molecule has 2 rings (SSSR count). The molecule has 0 bridgehead atoms. The number of guanidine groups is 1. The van der Waals surface area contributed by atoms with Crippen LogP contribution in [0.25, 0.3) is 0 Å². The molecule has 1 N–H and O–H groups in total. The average Bonchev–Trinajstić information content (AvgIpc) is 2.40. The molecule has 21 heavy (non-hydrogen) atoms. The van der Waals surface area contributed by atoms with Gasteiger partial charge in [-0.3, -0.25) is 4.99 Å². The predicted molar refractivity (Wildman–Crippen MR) is 99.5 cm³/mol. The average molecular weight is 409 g/mol. The maximum Gasteiger partial charge on any atom is 0.193 e. The summed E-state index contributed by atoms with van der Waals surface area (Å²) in [5.41, 5.74) is 0.289. The van der Waals surface area contributed by atoms with Gasteiger partial charge in [0.1, 0.15) is 0 Å². The summed E-state index contributed by atoms with van der Waals surface area (Å²) < 4.78 is 5.30. The zero-order chi connectivity index (χ0) is 14.6. The number of ether oxygens (including phenoxy) is 1. The Morgan fingerprint density at radius 3 is 2.38 bits per heavy atom. The zero-order valence-corrected chi connectivity index (χ0v) is 16.4. The van der Waals surface area contributed by atoms with Crippen molar-refractivity contribution in [1.29, 1.82) is 0 Å². The molecule has 1 heterocycles. The molecule has 2 aliphatic rings. The van der Waals surface area contributed by atoms with Crippen molar-refractivity contribution in [2.45, 2.75) is 39.5 Å². The third kappa shape index (κ3) is 5.58. The van der Waals surface area contributed by atoms with Crippen molar-refractivity contribution < 1.29 is 4.74 Å². The summed E-state index contributed by atoms with van der Waals surface area (Å²) in [7, 11) is 4.04. The Morgan fingerprint density at radius 1 is 1.29 bits per heavy atom. The van der Waals surface area contributed by atoms with Crippen LogP contribution in [-0.2, 0) is 4.74 Å². The van der Waals surface area contributed by atoms with Gasteiger partial charge in [-0.2, -0.15) is 0 Å². The highest BCUT2D eigenvalue weighted by atomic mass is 127. The number of hydrogen-bond acceptors (Lipinski definition) is 2. The molecule has 0 aromatic carbocycles. The molecule has 0 aromatic heterocycles. The lowest BCUT2D eigenvalue weighted by atomic mass is 9.83. The smallest absolute Gasteiger partial charge is 0.193 e. The van der Waals surface area contributed by atoms with E-state index in [1.165, 1.54) is 25.7 Å². The predicted octanol–water partition coefficient (Wildman–Crippen LogP) is 2.97. The SMILES string of the molecule is CN=C(NCC1(C)COC1)N(C)CC1CCC(C)CC1.I. The summed E-state index contributed by atoms with van der Waals surface area (Å²) in [6.07, 6.45) is 5.52. The minimum absolute atomic E-state index is 0. The fourth-order valence-electron chi connectivity index (χ4n) is 3.22. The summed E-state index contributed by atoms with van der Waals surface area (Å²) in [5.74, 6) is 2.78. The van der Waals surface area contributed by atoms with Crippen molar-refractivity contribution in [1.82, 2.24) is 10.2 Å². The van der Waals surface area contributed by atoms with E-state index in [1.54, 1.807) is 0 Å². The number of hydrogen-bond donors (Lipinski definition) is 1. The van der Waals surface area contributed by atoms with Crippen LogP contribution in [0.1, 0.15) is 39.5 Å². The minimum atomic E-state index is 0. The Kier molecular flexibility index (Phi) is 7.74. The van der Waals surface area contributed by atoms with Crippen LogP contribution >= 0.6 is 24.0 Å². The second kappa shape index (κ2) is 8.56. The van der Waals surface area contributed by atoms with Gasteiger partial charge in [0.25, 0.3) is 0 Å². The summed E-state index contributed by atoms with van der Waals surface area (Å²) in [4.78, 5) is 6.72. The van der Waals surface area contributed by atoms with Crippen LogP contribution in [0.3, 0.4) is 0 Å². The van der Waals surface area contributed by atoms with Gasteiger partial charge in [-0.25, -0.2) is 0 Å². The molecule has 5 heteroatoms. The normalized spacial score (nSPS) is 28.3. The molecule has 124 valence electrons. The van der Waals surface area contributed by atoms with E-state index in [0.717, 1.165) is 44.1 Å². The standard InChI is InChI=1S/C16H31N3O.HI/c1-13-5-7-14(8-6-13)9-19(4)15(17-3)18-10-16(2)11-20-12-16;/h13-14H,5-12H2,1-4H3,(H,17,18);1H. The second-order valence-corrected chi connectivity index (χ2v) is 7.21. The molecule has 0 spiro atoms. The molecule has 2 fully saturated rings. The van der Waals surface area contributed by atoms with Gasteiger partial charge in [-0.05, 0) is 24.7 Å². The monoisotopic (exact) mass is 409 g/mol. The van der Waals surface area contributed by atoms with E-state index in [4.69, 9.17) is 4.74 Å². The van der Waals surface area contributed by atoms with Crippen LogP contribution < -0.4 is 5.32 Å². The number of halogens is 1. The molecule has 1 aliphatic heterocycles. The highest BCUT2D eigenvalue weighted by molar-refractivity contribution is 14.0. The van der Waals surface area contributed by atoms with Gasteiger partial charge in [-0.15, -0.1) is 24.0 Å². The maximum absolute atomic E-state index is 5.30. The number of rotatable bonds is 4. The van der Waals surface area contributed by atoms with Crippen molar-refractivity contribution in [3.05, 3.63) is 0 Å². The highest BCUT2D eigenvalue weighted by Gasteiger charge is 2.33. The molecule has 1 saturated carbocycles. The Balaban J connectivity index is 0.00000220. The Hall–Kier alpha value is -0.0400. The van der Waals surface area contributed by atoms with E-state index in [9.17, 15) is 0 Å². The van der Waals surface area contributed by atoms with Gasteiger partial charge in [0.2, 0.25) is 0 Å². The number of aliphatic imine (C=N–C) groups is 1. The number of nitrogens with zero attached hydrogens (tertiary/aromatic N) is 2. The van der Waals surface area contributed by atoms with Crippen molar-refractivity contribution in [3.8, 4) is 0 Å². The van der Waals surface area contributed by atoms with Gasteiger partial charge < -0.3 is 15.0 Å². The fourth-order valence-corrected chi connectivity index (χ4v) is 3.22. The minimum Gasteiger partial charge on any atom is -0.380 e. The molecule has 0 atom stereocenters. The summed E-state index contributed by atoms with van der Waals surface area (Å²) in [5, 5.41) is 3.51. The Bertz CT molecular complexity index is 336. The van der Waals surface area contributed by atoms with Crippen molar-refractivity contribution in [2.75, 3.05) is 40.4 Å². The Labute approximate surface area is 147 Å². The zero-order valence-electron chi connectivity index (χ0n) is 14.0. The lowest BCUT2D eigenvalue weighted by Gasteiger charge is -2.39. The van der Waals surface area contributed by atoms with E-state index in [2.05, 4.69) is 36.1 Å². The molecule has 0 amide bonds. The van der Waals surface area contributed by atoms with Gasteiger partial charge in [0.05, 0.1) is 13.2 Å². The van der Waals surface area contributed by atoms with Gasteiger partial charge in [-0.1, -0.05) is 26.7 Å². The first-order chi connectivity index (χ1) is 9.52. The first-order valence-corrected chi connectivity index (χ1v) is 8.02. The third-order valence-corrected chi connectivity index (χ3v) is 4.82. The number of nitrogens with one attached hydrogen (secondary N) is 1. The Morgan fingerprint density at radius 2 is 1.90 bits per heavy atom. The van der Waals surface area contributed by atoms with Crippen LogP contribution in [-0.4, -0.2) is 51.3 Å². The fraction of sp³-hybridized carbons (Fsp3) is 0.938. The van der Waals surface area contributed by atoms with Gasteiger partial charge in [0.15, 0.2) is 5.96 Å². The molecule has 0 aromatic rings. The van der Waals surface area contributed by atoms with Crippen LogP contribution in [0.2, 0.25) is 0 Å². The molecule has 1 aliphatic carbocycles. The van der Waals surface area contributed by atoms with Crippen molar-refractivity contribution >= 4 is 29.9 Å². The molecule has 4 nitrogen and oxygen atoms in total. The molecular weight excluding hydrogens is 377 g/mol. The van der Waals surface area contributed by atoms with E-state index in [0.29, 0.717) is 0 Å². The van der Waals surface area contributed by atoms with Crippen LogP contribution in [0.4, 0.5) is 0 Å². The van der Waals surface area contributed by atoms with E-state index in [1.807, 2.05) is 7.05 Å². The van der Waals surface area contributed by atoms with E-state index < -0.39 is 0 Å². The van der Waals surface area contributed by atoms with Gasteiger partial charge in [0, 0.05) is 32.6 Å². The molecule has 1 saturated heterocycles. The quantitative estimate of drug-likeness (QED) is 0.441. The van der Waals surface area contributed by atoms with Crippen molar-refractivity contribution in [2.24, 2.45) is 22.2 Å². The maximum atomic E-state index is 5.30. The highest BCUT2D eigenvalue weighted by Crippen LogP contribution is 2.29. The first kappa shape index (κ1) is 19.0. The summed E-state index contributed by atoms with van der Waals surface area (Å²) >= 11 is 0. The lowest BCUT2D eigenvalue weighted by molar-refractivity contribution is -0.0972.